The first-order valence-electron chi connectivity index (χ1n) is 18.7. The summed E-state index contributed by atoms with van der Waals surface area (Å²) in [4.78, 5) is 10.4. The Morgan fingerprint density at radius 2 is 1.05 bits per heavy atom. The maximum absolute atomic E-state index is 6.62. The molecule has 2 aliphatic rings. The minimum atomic E-state index is -0.560. The van der Waals surface area contributed by atoms with E-state index in [2.05, 4.69) is 146 Å². The predicted molar refractivity (Wildman–Crippen MR) is 221 cm³/mol. The summed E-state index contributed by atoms with van der Waals surface area (Å²) in [5.41, 5.74) is 13.9. The largest absolute Gasteiger partial charge is 0.457 e. The number of ether oxygens (including phenoxy) is 1. The lowest BCUT2D eigenvalue weighted by molar-refractivity contribution is 0.436. The number of nitrogens with zero attached hydrogens (tertiary/aromatic N) is 2. The van der Waals surface area contributed by atoms with Gasteiger partial charge in [0.2, 0.25) is 0 Å². The highest BCUT2D eigenvalue weighted by Crippen LogP contribution is 2.63. The van der Waals surface area contributed by atoms with Crippen LogP contribution in [-0.2, 0) is 5.41 Å². The monoisotopic (exact) mass is 702 g/mol. The number of furan rings is 1. The van der Waals surface area contributed by atoms with E-state index in [1.54, 1.807) is 0 Å². The molecule has 1 aliphatic heterocycles. The van der Waals surface area contributed by atoms with E-state index in [9.17, 15) is 0 Å². The molecule has 4 heteroatoms. The number of hydrogen-bond donors (Lipinski definition) is 0. The van der Waals surface area contributed by atoms with E-state index in [-0.39, 0.29) is 0 Å². The summed E-state index contributed by atoms with van der Waals surface area (Å²) in [5.74, 6) is 2.43. The van der Waals surface area contributed by atoms with Gasteiger partial charge in [0.25, 0.3) is 0 Å². The van der Waals surface area contributed by atoms with Crippen molar-refractivity contribution >= 4 is 32.8 Å². The van der Waals surface area contributed by atoms with Gasteiger partial charge < -0.3 is 9.15 Å². The molecule has 2 aromatic heterocycles. The number of hydrogen-bond acceptors (Lipinski definition) is 4. The number of aromatic nitrogens is 2. The van der Waals surface area contributed by atoms with Crippen LogP contribution in [0, 0.1) is 0 Å². The molecule has 0 unspecified atom stereocenters. The maximum atomic E-state index is 6.62. The number of fused-ring (bicyclic) bond motifs is 13. The van der Waals surface area contributed by atoms with E-state index >= 15 is 0 Å². The summed E-state index contributed by atoms with van der Waals surface area (Å²) in [6.07, 6.45) is 0. The standard InChI is InChI=1S/C51H30N2O2/c1-2-14-31(15-3-1)50-52-47(49-48(53-50)37-20-8-11-23-44(37)55-49)36-19-7-6-18-35(36)34-26-27-40-38(29-34)39-28-32-16-4-5-17-33(32)30-43(39)51(40)41-21-9-12-24-45(41)54-46-25-13-10-22-42(46)51/h1-30H. The molecule has 0 amide bonds. The Labute approximate surface area is 317 Å². The lowest BCUT2D eigenvalue weighted by atomic mass is 9.66. The van der Waals surface area contributed by atoms with Crippen molar-refractivity contribution in [3.63, 3.8) is 0 Å². The molecule has 0 N–H and O–H groups in total. The van der Waals surface area contributed by atoms with Crippen molar-refractivity contribution in [3.8, 4) is 56.4 Å². The van der Waals surface area contributed by atoms with E-state index in [4.69, 9.17) is 19.1 Å². The van der Waals surface area contributed by atoms with E-state index in [0.29, 0.717) is 11.4 Å². The zero-order valence-corrected chi connectivity index (χ0v) is 29.5. The van der Waals surface area contributed by atoms with Gasteiger partial charge in [-0.05, 0) is 86.6 Å². The average Bonchev–Trinajstić information content (AvgIpc) is 3.76. The number of para-hydroxylation sites is 3. The summed E-state index contributed by atoms with van der Waals surface area (Å²) >= 11 is 0. The van der Waals surface area contributed by atoms with Gasteiger partial charge in [0.1, 0.15) is 28.3 Å². The van der Waals surface area contributed by atoms with Crippen molar-refractivity contribution in [2.24, 2.45) is 0 Å². The number of rotatable bonds is 3. The molecular weight excluding hydrogens is 673 g/mol. The second-order valence-corrected chi connectivity index (χ2v) is 14.4. The van der Waals surface area contributed by atoms with Crippen LogP contribution in [0.4, 0.5) is 0 Å². The third-order valence-electron chi connectivity index (χ3n) is 11.6. The Kier molecular flexibility index (Phi) is 6.23. The summed E-state index contributed by atoms with van der Waals surface area (Å²) in [5, 5.41) is 3.40. The van der Waals surface area contributed by atoms with Crippen molar-refractivity contribution < 1.29 is 9.15 Å². The molecule has 1 spiro atoms. The Morgan fingerprint density at radius 1 is 0.418 bits per heavy atom. The SMILES string of the molecule is c1ccc(-c2nc(-c3ccccc3-c3ccc4c(c3)-c3cc5ccccc5cc3C43c4ccccc4Oc4ccccc43)c3oc4ccccc4c3n2)cc1. The van der Waals surface area contributed by atoms with Gasteiger partial charge in [-0.25, -0.2) is 9.97 Å². The Balaban J connectivity index is 1.14. The van der Waals surface area contributed by atoms with Gasteiger partial charge in [0.15, 0.2) is 11.4 Å². The van der Waals surface area contributed by atoms with Gasteiger partial charge in [0.05, 0.1) is 5.41 Å². The molecule has 4 nitrogen and oxygen atoms in total. The lowest BCUT2D eigenvalue weighted by Gasteiger charge is -2.39. The zero-order chi connectivity index (χ0) is 36.1. The smallest absolute Gasteiger partial charge is 0.180 e. The topological polar surface area (TPSA) is 48.2 Å². The van der Waals surface area contributed by atoms with Crippen LogP contribution in [-0.4, -0.2) is 9.97 Å². The highest BCUT2D eigenvalue weighted by atomic mass is 16.5. The summed E-state index contributed by atoms with van der Waals surface area (Å²) in [6, 6.07) is 64.3. The van der Waals surface area contributed by atoms with Crippen molar-refractivity contribution in [2.75, 3.05) is 0 Å². The Hall–Kier alpha value is -7.30. The maximum Gasteiger partial charge on any atom is 0.180 e. The van der Waals surface area contributed by atoms with Crippen LogP contribution in [0.3, 0.4) is 0 Å². The Morgan fingerprint density at radius 3 is 1.85 bits per heavy atom. The van der Waals surface area contributed by atoms with E-state index in [0.717, 1.165) is 67.1 Å². The van der Waals surface area contributed by atoms with Crippen LogP contribution >= 0.6 is 0 Å². The average molecular weight is 703 g/mol. The quantitative estimate of drug-likeness (QED) is 0.184. The van der Waals surface area contributed by atoms with Crippen LogP contribution in [0.25, 0.3) is 77.7 Å². The highest BCUT2D eigenvalue weighted by molar-refractivity contribution is 6.08. The molecule has 0 atom stereocenters. The minimum absolute atomic E-state index is 0.560. The molecule has 0 fully saturated rings. The fourth-order valence-corrected chi connectivity index (χ4v) is 9.19. The highest BCUT2D eigenvalue weighted by Gasteiger charge is 2.51. The molecule has 3 heterocycles. The van der Waals surface area contributed by atoms with Crippen LogP contribution in [0.5, 0.6) is 11.5 Å². The van der Waals surface area contributed by atoms with Gasteiger partial charge >= 0.3 is 0 Å². The third kappa shape index (κ3) is 4.22. The molecule has 0 bridgehead atoms. The zero-order valence-electron chi connectivity index (χ0n) is 29.5. The molecule has 8 aromatic carbocycles. The first-order valence-corrected chi connectivity index (χ1v) is 18.7. The molecule has 10 aromatic rings. The summed E-state index contributed by atoms with van der Waals surface area (Å²) < 4.78 is 13.2. The normalized spacial score (nSPS) is 13.4. The second kappa shape index (κ2) is 11.3. The van der Waals surface area contributed by atoms with Gasteiger partial charge in [-0.3, -0.25) is 0 Å². The second-order valence-electron chi connectivity index (χ2n) is 14.4. The van der Waals surface area contributed by atoms with Gasteiger partial charge in [-0.1, -0.05) is 140 Å². The van der Waals surface area contributed by atoms with Gasteiger partial charge in [0, 0.05) is 27.6 Å². The van der Waals surface area contributed by atoms with Crippen molar-refractivity contribution in [3.05, 3.63) is 204 Å². The Bertz CT molecular complexity index is 3150. The van der Waals surface area contributed by atoms with Crippen molar-refractivity contribution in [2.45, 2.75) is 5.41 Å². The lowest BCUT2D eigenvalue weighted by Crippen LogP contribution is -2.32. The molecule has 0 radical (unpaired) electrons. The summed E-state index contributed by atoms with van der Waals surface area (Å²) in [7, 11) is 0. The molecule has 0 saturated carbocycles. The van der Waals surface area contributed by atoms with Crippen molar-refractivity contribution in [1.29, 1.82) is 0 Å². The predicted octanol–water partition coefficient (Wildman–Crippen LogP) is 13.0. The first kappa shape index (κ1) is 30.2. The molecule has 0 saturated heterocycles. The minimum Gasteiger partial charge on any atom is -0.457 e. The first-order chi connectivity index (χ1) is 27.3. The molecule has 12 rings (SSSR count). The van der Waals surface area contributed by atoms with E-state index < -0.39 is 5.41 Å². The molecule has 256 valence electrons. The van der Waals surface area contributed by atoms with Crippen LogP contribution in [0.1, 0.15) is 22.3 Å². The molecular formula is C51H30N2O2. The van der Waals surface area contributed by atoms with Gasteiger partial charge in [-0.15, -0.1) is 0 Å². The molecule has 1 aliphatic carbocycles. The fraction of sp³-hybridized carbons (Fsp3) is 0.0196. The molecule has 55 heavy (non-hydrogen) atoms. The third-order valence-corrected chi connectivity index (χ3v) is 11.6. The van der Waals surface area contributed by atoms with E-state index in [1.165, 1.54) is 33.0 Å². The van der Waals surface area contributed by atoms with Crippen LogP contribution in [0.15, 0.2) is 186 Å². The van der Waals surface area contributed by atoms with E-state index in [1.807, 2.05) is 36.4 Å². The van der Waals surface area contributed by atoms with Crippen LogP contribution < -0.4 is 4.74 Å². The van der Waals surface area contributed by atoms with Crippen molar-refractivity contribution in [1.82, 2.24) is 9.97 Å². The van der Waals surface area contributed by atoms with Gasteiger partial charge in [-0.2, -0.15) is 0 Å². The number of benzene rings is 8. The fourth-order valence-electron chi connectivity index (χ4n) is 9.19. The summed E-state index contributed by atoms with van der Waals surface area (Å²) in [6.45, 7) is 0. The van der Waals surface area contributed by atoms with Crippen LogP contribution in [0.2, 0.25) is 0 Å².